The van der Waals surface area contributed by atoms with Gasteiger partial charge >= 0.3 is 0 Å². The van der Waals surface area contributed by atoms with Crippen molar-refractivity contribution in [1.29, 1.82) is 0 Å². The number of sulfone groups is 1. The van der Waals surface area contributed by atoms with Gasteiger partial charge in [0.1, 0.15) is 0 Å². The Bertz CT molecular complexity index is 740. The summed E-state index contributed by atoms with van der Waals surface area (Å²) in [6, 6.07) is 17.1. The van der Waals surface area contributed by atoms with Crippen LogP contribution in [0.3, 0.4) is 0 Å². The highest BCUT2D eigenvalue weighted by Crippen LogP contribution is 2.31. The Morgan fingerprint density at radius 2 is 1.57 bits per heavy atom. The first-order valence-electron chi connectivity index (χ1n) is 7.80. The molecule has 0 radical (unpaired) electrons. The van der Waals surface area contributed by atoms with Gasteiger partial charge in [-0.25, -0.2) is 8.42 Å². The minimum atomic E-state index is -3.35. The van der Waals surface area contributed by atoms with Crippen LogP contribution in [0.4, 0.5) is 0 Å². The SMILES string of the molecule is O=S(=O)(c1ccc(Sc2ccccc2)cc1)[C@@H]1CCC[C@H](O)C1. The number of rotatable bonds is 4. The fourth-order valence-corrected chi connectivity index (χ4v) is 5.61. The molecule has 1 N–H and O–H groups in total. The van der Waals surface area contributed by atoms with Crippen LogP contribution in [0.15, 0.2) is 69.3 Å². The molecule has 0 amide bonds. The molecule has 3 rings (SSSR count). The second kappa shape index (κ2) is 7.07. The first-order valence-corrected chi connectivity index (χ1v) is 10.2. The summed E-state index contributed by atoms with van der Waals surface area (Å²) < 4.78 is 25.4. The summed E-state index contributed by atoms with van der Waals surface area (Å²) in [7, 11) is -3.35. The van der Waals surface area contributed by atoms with E-state index in [0.717, 1.165) is 16.2 Å². The molecule has 122 valence electrons. The smallest absolute Gasteiger partial charge is 0.181 e. The van der Waals surface area contributed by atoms with E-state index in [4.69, 9.17) is 0 Å². The van der Waals surface area contributed by atoms with Crippen LogP contribution in [0, 0.1) is 0 Å². The maximum absolute atomic E-state index is 12.7. The molecule has 2 aromatic carbocycles. The van der Waals surface area contributed by atoms with Crippen molar-refractivity contribution < 1.29 is 13.5 Å². The lowest BCUT2D eigenvalue weighted by molar-refractivity contribution is 0.131. The molecule has 2 aromatic rings. The zero-order valence-electron chi connectivity index (χ0n) is 12.8. The van der Waals surface area contributed by atoms with Crippen LogP contribution in [-0.4, -0.2) is 24.9 Å². The van der Waals surface area contributed by atoms with Crippen LogP contribution in [0.25, 0.3) is 0 Å². The molecule has 23 heavy (non-hydrogen) atoms. The Balaban J connectivity index is 1.76. The third kappa shape index (κ3) is 3.97. The normalized spacial score (nSPS) is 22.0. The minimum Gasteiger partial charge on any atom is -0.393 e. The van der Waals surface area contributed by atoms with Gasteiger partial charge in [-0.2, -0.15) is 0 Å². The molecule has 1 aliphatic rings. The topological polar surface area (TPSA) is 54.4 Å². The van der Waals surface area contributed by atoms with E-state index in [9.17, 15) is 13.5 Å². The first kappa shape index (κ1) is 16.6. The largest absolute Gasteiger partial charge is 0.393 e. The molecule has 1 saturated carbocycles. The molecule has 0 saturated heterocycles. The highest BCUT2D eigenvalue weighted by Gasteiger charge is 2.32. The summed E-state index contributed by atoms with van der Waals surface area (Å²) in [6.07, 6.45) is 1.98. The van der Waals surface area contributed by atoms with Gasteiger partial charge in [-0.1, -0.05) is 30.0 Å². The number of aliphatic hydroxyl groups excluding tert-OH is 1. The highest BCUT2D eigenvalue weighted by molar-refractivity contribution is 7.99. The molecule has 0 unspecified atom stereocenters. The van der Waals surface area contributed by atoms with E-state index in [0.29, 0.717) is 24.2 Å². The minimum absolute atomic E-state index is 0.350. The van der Waals surface area contributed by atoms with Crippen LogP contribution < -0.4 is 0 Å². The number of hydrogen-bond donors (Lipinski definition) is 1. The summed E-state index contributed by atoms with van der Waals surface area (Å²) in [4.78, 5) is 2.49. The van der Waals surface area contributed by atoms with E-state index in [2.05, 4.69) is 0 Å². The predicted octanol–water partition coefficient (Wildman–Crippen LogP) is 3.92. The van der Waals surface area contributed by atoms with Crippen molar-refractivity contribution in [2.45, 2.75) is 51.7 Å². The Morgan fingerprint density at radius 1 is 0.913 bits per heavy atom. The van der Waals surface area contributed by atoms with Gasteiger partial charge in [-0.15, -0.1) is 0 Å². The van der Waals surface area contributed by atoms with Crippen LogP contribution in [0.2, 0.25) is 0 Å². The van der Waals surface area contributed by atoms with Crippen LogP contribution in [-0.2, 0) is 9.84 Å². The van der Waals surface area contributed by atoms with Crippen LogP contribution in [0.5, 0.6) is 0 Å². The van der Waals surface area contributed by atoms with Crippen molar-refractivity contribution in [3.8, 4) is 0 Å². The van der Waals surface area contributed by atoms with E-state index in [1.54, 1.807) is 23.9 Å². The van der Waals surface area contributed by atoms with E-state index >= 15 is 0 Å². The zero-order chi connectivity index (χ0) is 16.3. The van der Waals surface area contributed by atoms with Crippen LogP contribution >= 0.6 is 11.8 Å². The van der Waals surface area contributed by atoms with E-state index in [1.165, 1.54) is 0 Å². The Kier molecular flexibility index (Phi) is 5.09. The quantitative estimate of drug-likeness (QED) is 0.910. The van der Waals surface area contributed by atoms with Crippen molar-refractivity contribution in [2.75, 3.05) is 0 Å². The van der Waals surface area contributed by atoms with E-state index in [1.807, 2.05) is 42.5 Å². The van der Waals surface area contributed by atoms with Gasteiger partial charge in [0.2, 0.25) is 0 Å². The number of aliphatic hydroxyl groups is 1. The average molecular weight is 348 g/mol. The monoisotopic (exact) mass is 348 g/mol. The summed E-state index contributed by atoms with van der Waals surface area (Å²) in [5, 5.41) is 9.27. The van der Waals surface area contributed by atoms with E-state index < -0.39 is 21.2 Å². The van der Waals surface area contributed by atoms with Gasteiger partial charge in [0, 0.05) is 9.79 Å². The zero-order valence-corrected chi connectivity index (χ0v) is 14.4. The number of benzene rings is 2. The molecule has 5 heteroatoms. The summed E-state index contributed by atoms with van der Waals surface area (Å²) >= 11 is 1.61. The average Bonchev–Trinajstić information content (AvgIpc) is 2.56. The number of hydrogen-bond acceptors (Lipinski definition) is 4. The van der Waals surface area contributed by atoms with Gasteiger partial charge in [-0.3, -0.25) is 0 Å². The van der Waals surface area contributed by atoms with Gasteiger partial charge < -0.3 is 5.11 Å². The fraction of sp³-hybridized carbons (Fsp3) is 0.333. The Hall–Kier alpha value is -1.30. The predicted molar refractivity (Wildman–Crippen MR) is 92.5 cm³/mol. The molecule has 2 atom stereocenters. The fourth-order valence-electron chi connectivity index (χ4n) is 2.92. The van der Waals surface area contributed by atoms with Gasteiger partial charge in [0.05, 0.1) is 16.2 Å². The summed E-state index contributed by atoms with van der Waals surface area (Å²) in [6.45, 7) is 0. The molecule has 0 bridgehead atoms. The molecule has 0 aliphatic heterocycles. The van der Waals surface area contributed by atoms with Crippen molar-refractivity contribution in [3.05, 3.63) is 54.6 Å². The highest BCUT2D eigenvalue weighted by atomic mass is 32.2. The lowest BCUT2D eigenvalue weighted by Gasteiger charge is -2.25. The lowest BCUT2D eigenvalue weighted by Crippen LogP contribution is -2.30. The second-order valence-electron chi connectivity index (χ2n) is 5.87. The molecular formula is C18H20O3S2. The lowest BCUT2D eigenvalue weighted by atomic mass is 9.97. The maximum atomic E-state index is 12.7. The van der Waals surface area contributed by atoms with Crippen molar-refractivity contribution in [1.82, 2.24) is 0 Å². The molecule has 0 aromatic heterocycles. The summed E-state index contributed by atoms with van der Waals surface area (Å²) in [5.74, 6) is 0. The Labute approximate surface area is 141 Å². The second-order valence-corrected chi connectivity index (χ2v) is 9.25. The molecule has 3 nitrogen and oxygen atoms in total. The van der Waals surface area contributed by atoms with Crippen LogP contribution in [0.1, 0.15) is 25.7 Å². The van der Waals surface area contributed by atoms with Gasteiger partial charge in [-0.05, 0) is 62.1 Å². The van der Waals surface area contributed by atoms with Gasteiger partial charge in [0.25, 0.3) is 0 Å². The third-order valence-corrected chi connectivity index (χ3v) is 7.42. The molecule has 1 aliphatic carbocycles. The maximum Gasteiger partial charge on any atom is 0.181 e. The standard InChI is InChI=1S/C18H20O3S2/c19-14-5-4-8-18(13-14)23(20,21)17-11-9-16(10-12-17)22-15-6-2-1-3-7-15/h1-3,6-7,9-12,14,18-19H,4-5,8,13H2/t14-,18+/m0/s1. The molecular weight excluding hydrogens is 328 g/mol. The van der Waals surface area contributed by atoms with Crippen molar-refractivity contribution >= 4 is 21.6 Å². The molecule has 1 fully saturated rings. The molecule has 0 heterocycles. The van der Waals surface area contributed by atoms with E-state index in [-0.39, 0.29) is 0 Å². The van der Waals surface area contributed by atoms with Gasteiger partial charge in [0.15, 0.2) is 9.84 Å². The third-order valence-electron chi connectivity index (χ3n) is 4.17. The summed E-state index contributed by atoms with van der Waals surface area (Å²) in [5.41, 5.74) is 0. The van der Waals surface area contributed by atoms with Crippen molar-refractivity contribution in [3.63, 3.8) is 0 Å². The molecule has 0 spiro atoms. The Morgan fingerprint density at radius 3 is 2.22 bits per heavy atom. The first-order chi connectivity index (χ1) is 11.1. The van der Waals surface area contributed by atoms with Crippen molar-refractivity contribution in [2.24, 2.45) is 0 Å².